The molecule has 1 fully saturated rings. The maximum atomic E-state index is 13.5. The van der Waals surface area contributed by atoms with E-state index in [9.17, 15) is 4.79 Å². The highest BCUT2D eigenvalue weighted by molar-refractivity contribution is 8.26. The van der Waals surface area contributed by atoms with E-state index >= 15 is 0 Å². The van der Waals surface area contributed by atoms with E-state index in [2.05, 4.69) is 0 Å². The lowest BCUT2D eigenvalue weighted by Gasteiger charge is -2.34. The maximum absolute atomic E-state index is 13.5. The summed E-state index contributed by atoms with van der Waals surface area (Å²) >= 11 is 13.0. The first kappa shape index (κ1) is 19.4. The molecule has 1 saturated heterocycles. The zero-order chi connectivity index (χ0) is 20.8. The average Bonchev–Trinajstić information content (AvgIpc) is 3.01. The highest BCUT2D eigenvalue weighted by Crippen LogP contribution is 2.50. The maximum Gasteiger partial charge on any atom is 0.267 e. The Morgan fingerprint density at radius 1 is 1.03 bits per heavy atom. The van der Waals surface area contributed by atoms with E-state index in [1.54, 1.807) is 4.90 Å². The van der Waals surface area contributed by atoms with Gasteiger partial charge < -0.3 is 4.74 Å². The average molecular weight is 450 g/mol. The molecule has 148 valence electrons. The summed E-state index contributed by atoms with van der Waals surface area (Å²) in [5.74, 6) is 1.44. The minimum absolute atomic E-state index is 0.103. The molecule has 0 bridgehead atoms. The molecule has 3 aromatic rings. The first-order valence-corrected chi connectivity index (χ1v) is 11.0. The molecule has 0 N–H and O–H groups in total. The van der Waals surface area contributed by atoms with Crippen LogP contribution in [0.15, 0.2) is 71.6 Å². The number of hydrogen-bond acceptors (Lipinski definition) is 4. The fourth-order valence-corrected chi connectivity index (χ4v) is 5.24. The number of benzene rings is 3. The van der Waals surface area contributed by atoms with Gasteiger partial charge in [0.2, 0.25) is 0 Å². The number of hydrogen-bond donors (Lipinski definition) is 0. The summed E-state index contributed by atoms with van der Waals surface area (Å²) in [5.41, 5.74) is 3.80. The summed E-state index contributed by atoms with van der Waals surface area (Å²) in [7, 11) is 0. The molecule has 2 heterocycles. The molecule has 1 atom stereocenters. The van der Waals surface area contributed by atoms with Gasteiger partial charge in [0, 0.05) is 16.1 Å². The Bertz CT molecular complexity index is 1220. The number of carbonyl (C=O) groups is 1. The van der Waals surface area contributed by atoms with Crippen LogP contribution in [0, 0.1) is 6.92 Å². The summed E-state index contributed by atoms with van der Waals surface area (Å²) in [4.78, 5) is 15.8. The van der Waals surface area contributed by atoms with E-state index in [4.69, 9.17) is 28.6 Å². The Labute approximate surface area is 189 Å². The first-order chi connectivity index (χ1) is 14.5. The normalized spacial score (nSPS) is 18.9. The van der Waals surface area contributed by atoms with Crippen LogP contribution in [0.3, 0.4) is 0 Å². The van der Waals surface area contributed by atoms with Crippen molar-refractivity contribution in [1.29, 1.82) is 0 Å². The van der Waals surface area contributed by atoms with Gasteiger partial charge >= 0.3 is 0 Å². The number of para-hydroxylation sites is 2. The molecule has 2 aliphatic rings. The molecule has 3 aromatic carbocycles. The molecule has 1 amide bonds. The van der Waals surface area contributed by atoms with Crippen molar-refractivity contribution in [1.82, 2.24) is 4.90 Å². The van der Waals surface area contributed by atoms with E-state index in [0.717, 1.165) is 33.8 Å². The number of carbonyl (C=O) groups excluding carboxylic acids is 1. The van der Waals surface area contributed by atoms with Gasteiger partial charge in [0.1, 0.15) is 15.8 Å². The minimum atomic E-state index is -0.325. The fraction of sp³-hybridized carbons (Fsp3) is 0.0833. The standard InChI is InChI=1S/C24H16ClNO2S2/c1-14-5-4-7-18-21(17-6-2-3-8-19(17)28-22(14)18)26-23(27)20(30-24(26)29)13-15-9-11-16(25)12-10-15/h2-13,21H,1H3/b20-13-/t21-/m0/s1. The highest BCUT2D eigenvalue weighted by Gasteiger charge is 2.42. The summed E-state index contributed by atoms with van der Waals surface area (Å²) in [6, 6.07) is 20.9. The lowest BCUT2D eigenvalue weighted by Crippen LogP contribution is -2.35. The van der Waals surface area contributed by atoms with Crippen molar-refractivity contribution in [3.8, 4) is 11.5 Å². The number of aryl methyl sites for hydroxylation is 1. The lowest BCUT2D eigenvalue weighted by atomic mass is 9.92. The number of thiocarbonyl (C=S) groups is 1. The van der Waals surface area contributed by atoms with E-state index in [-0.39, 0.29) is 11.9 Å². The summed E-state index contributed by atoms with van der Waals surface area (Å²) < 4.78 is 6.72. The quantitative estimate of drug-likeness (QED) is 0.320. The number of amides is 1. The van der Waals surface area contributed by atoms with Crippen molar-refractivity contribution in [2.45, 2.75) is 13.0 Å². The van der Waals surface area contributed by atoms with Gasteiger partial charge in [0.05, 0.1) is 10.9 Å². The van der Waals surface area contributed by atoms with Crippen LogP contribution in [0.4, 0.5) is 0 Å². The lowest BCUT2D eigenvalue weighted by molar-refractivity contribution is -0.123. The zero-order valence-electron chi connectivity index (χ0n) is 16.0. The molecule has 0 unspecified atom stereocenters. The summed E-state index contributed by atoms with van der Waals surface area (Å²) in [6.45, 7) is 2.01. The SMILES string of the molecule is Cc1cccc2c1Oc1ccccc1[C@@H]2N1C(=O)/C(=C/c2ccc(Cl)cc2)SC1=S. The van der Waals surface area contributed by atoms with Crippen molar-refractivity contribution in [2.24, 2.45) is 0 Å². The van der Waals surface area contributed by atoms with Crippen LogP contribution in [-0.4, -0.2) is 15.1 Å². The van der Waals surface area contributed by atoms with Gasteiger partial charge in [0.15, 0.2) is 0 Å². The van der Waals surface area contributed by atoms with Gasteiger partial charge in [-0.1, -0.05) is 84.1 Å². The molecule has 0 spiro atoms. The largest absolute Gasteiger partial charge is 0.456 e. The highest BCUT2D eigenvalue weighted by atomic mass is 35.5. The van der Waals surface area contributed by atoms with E-state index in [0.29, 0.717) is 14.2 Å². The summed E-state index contributed by atoms with van der Waals surface area (Å²) in [6.07, 6.45) is 1.86. The Morgan fingerprint density at radius 2 is 1.77 bits per heavy atom. The second-order valence-corrected chi connectivity index (χ2v) is 9.25. The Hall–Kier alpha value is -2.60. The van der Waals surface area contributed by atoms with Crippen LogP contribution < -0.4 is 4.74 Å². The third-order valence-corrected chi connectivity index (χ3v) is 6.79. The number of fused-ring (bicyclic) bond motifs is 2. The molecule has 3 nitrogen and oxygen atoms in total. The Morgan fingerprint density at radius 3 is 2.57 bits per heavy atom. The number of nitrogens with zero attached hydrogens (tertiary/aromatic N) is 1. The van der Waals surface area contributed by atoms with Gasteiger partial charge in [0.25, 0.3) is 5.91 Å². The second kappa shape index (κ2) is 7.58. The third kappa shape index (κ3) is 3.23. The monoisotopic (exact) mass is 449 g/mol. The van der Waals surface area contributed by atoms with Crippen molar-refractivity contribution < 1.29 is 9.53 Å². The third-order valence-electron chi connectivity index (χ3n) is 5.21. The smallest absolute Gasteiger partial charge is 0.267 e. The van der Waals surface area contributed by atoms with E-state index in [1.807, 2.05) is 79.7 Å². The van der Waals surface area contributed by atoms with Gasteiger partial charge in [-0.25, -0.2) is 0 Å². The first-order valence-electron chi connectivity index (χ1n) is 9.42. The Kier molecular flexibility index (Phi) is 4.89. The Balaban J connectivity index is 1.60. The molecule has 0 aromatic heterocycles. The van der Waals surface area contributed by atoms with Crippen molar-refractivity contribution >= 4 is 51.9 Å². The van der Waals surface area contributed by atoms with Crippen LogP contribution in [0.5, 0.6) is 11.5 Å². The van der Waals surface area contributed by atoms with Crippen LogP contribution in [0.1, 0.15) is 28.3 Å². The number of thioether (sulfide) groups is 1. The molecule has 6 heteroatoms. The van der Waals surface area contributed by atoms with Crippen LogP contribution >= 0.6 is 35.6 Å². The second-order valence-electron chi connectivity index (χ2n) is 7.14. The van der Waals surface area contributed by atoms with E-state index in [1.165, 1.54) is 11.8 Å². The molecule has 2 aliphatic heterocycles. The van der Waals surface area contributed by atoms with Crippen LogP contribution in [-0.2, 0) is 4.79 Å². The van der Waals surface area contributed by atoms with Crippen molar-refractivity contribution in [3.05, 3.63) is 98.9 Å². The topological polar surface area (TPSA) is 29.5 Å². The predicted molar refractivity (Wildman–Crippen MR) is 126 cm³/mol. The fourth-order valence-electron chi connectivity index (χ4n) is 3.80. The van der Waals surface area contributed by atoms with Gasteiger partial charge in [-0.05, 0) is 42.3 Å². The molecular formula is C24H16ClNO2S2. The van der Waals surface area contributed by atoms with E-state index < -0.39 is 0 Å². The van der Waals surface area contributed by atoms with Crippen molar-refractivity contribution in [2.75, 3.05) is 0 Å². The molecule has 0 aliphatic carbocycles. The molecule has 0 saturated carbocycles. The zero-order valence-corrected chi connectivity index (χ0v) is 18.4. The number of ether oxygens (including phenoxy) is 1. The number of rotatable bonds is 2. The molecular weight excluding hydrogens is 434 g/mol. The number of halogens is 1. The molecule has 0 radical (unpaired) electrons. The molecule has 5 rings (SSSR count). The van der Waals surface area contributed by atoms with Gasteiger partial charge in [-0.2, -0.15) is 0 Å². The molecule has 30 heavy (non-hydrogen) atoms. The summed E-state index contributed by atoms with van der Waals surface area (Å²) in [5, 5.41) is 0.658. The van der Waals surface area contributed by atoms with Gasteiger partial charge in [-0.15, -0.1) is 0 Å². The van der Waals surface area contributed by atoms with Crippen molar-refractivity contribution in [3.63, 3.8) is 0 Å². The van der Waals surface area contributed by atoms with Crippen LogP contribution in [0.2, 0.25) is 5.02 Å². The predicted octanol–water partition coefficient (Wildman–Crippen LogP) is 6.74. The van der Waals surface area contributed by atoms with Gasteiger partial charge in [-0.3, -0.25) is 9.69 Å². The minimum Gasteiger partial charge on any atom is -0.456 e. The van der Waals surface area contributed by atoms with Crippen LogP contribution in [0.25, 0.3) is 6.08 Å².